The fourth-order valence-corrected chi connectivity index (χ4v) is 3.81. The molecule has 1 unspecified atom stereocenters. The third-order valence-corrected chi connectivity index (χ3v) is 5.82. The summed E-state index contributed by atoms with van der Waals surface area (Å²) in [5.41, 5.74) is 4.76. The zero-order chi connectivity index (χ0) is 26.1. The standard InChI is InChI=1S/C28H31N3O5/c1-19-6-4-5-7-24(19)31(2)28(35)30-23-12-8-20(9-13-23)18-26(32)29-22-14-10-21(11-15-22)25(36-3)16-17-27(33)34/h4-15,25H,16-18H2,1-3H3,(H,29,32)(H,30,35)(H,33,34). The molecule has 0 fully saturated rings. The molecule has 0 aliphatic heterocycles. The van der Waals surface area contributed by atoms with E-state index in [4.69, 9.17) is 9.84 Å². The number of amides is 3. The number of aliphatic carboxylic acids is 1. The molecule has 3 N–H and O–H groups in total. The van der Waals surface area contributed by atoms with Gasteiger partial charge in [-0.2, -0.15) is 0 Å². The molecular weight excluding hydrogens is 458 g/mol. The molecule has 0 saturated carbocycles. The number of hydrogen-bond acceptors (Lipinski definition) is 4. The number of nitrogens with zero attached hydrogens (tertiary/aromatic N) is 1. The summed E-state index contributed by atoms with van der Waals surface area (Å²) in [6.07, 6.45) is 0.249. The maximum atomic E-state index is 12.6. The molecule has 8 nitrogen and oxygen atoms in total. The van der Waals surface area contributed by atoms with E-state index in [0.717, 1.165) is 22.4 Å². The number of methoxy groups -OCH3 is 1. The number of carbonyl (C=O) groups excluding carboxylic acids is 2. The molecule has 3 aromatic carbocycles. The Kier molecular flexibility index (Phi) is 9.19. The molecule has 0 aliphatic carbocycles. The second kappa shape index (κ2) is 12.5. The number of nitrogens with one attached hydrogen (secondary N) is 2. The lowest BCUT2D eigenvalue weighted by Gasteiger charge is -2.20. The average Bonchev–Trinajstić information content (AvgIpc) is 2.86. The number of benzene rings is 3. The van der Waals surface area contributed by atoms with E-state index in [9.17, 15) is 14.4 Å². The predicted octanol–water partition coefficient (Wildman–Crippen LogP) is 5.40. The zero-order valence-electron chi connectivity index (χ0n) is 20.7. The van der Waals surface area contributed by atoms with Crippen molar-refractivity contribution >= 4 is 35.0 Å². The Balaban J connectivity index is 1.52. The number of carbonyl (C=O) groups is 3. The minimum atomic E-state index is -0.869. The topological polar surface area (TPSA) is 108 Å². The van der Waals surface area contributed by atoms with Crippen molar-refractivity contribution in [1.82, 2.24) is 0 Å². The van der Waals surface area contributed by atoms with Crippen molar-refractivity contribution in [3.63, 3.8) is 0 Å². The number of aryl methyl sites for hydroxylation is 1. The van der Waals surface area contributed by atoms with Gasteiger partial charge < -0.3 is 20.5 Å². The van der Waals surface area contributed by atoms with Gasteiger partial charge in [0.05, 0.1) is 12.5 Å². The minimum Gasteiger partial charge on any atom is -0.481 e. The van der Waals surface area contributed by atoms with Crippen LogP contribution in [0.1, 0.15) is 35.6 Å². The summed E-state index contributed by atoms with van der Waals surface area (Å²) in [6, 6.07) is 21.7. The van der Waals surface area contributed by atoms with E-state index in [1.54, 1.807) is 55.5 Å². The molecule has 3 amide bonds. The molecule has 0 aliphatic rings. The van der Waals surface area contributed by atoms with E-state index in [0.29, 0.717) is 17.8 Å². The van der Waals surface area contributed by atoms with Crippen molar-refractivity contribution < 1.29 is 24.2 Å². The summed E-state index contributed by atoms with van der Waals surface area (Å²) in [7, 11) is 3.26. The molecule has 8 heteroatoms. The summed E-state index contributed by atoms with van der Waals surface area (Å²) < 4.78 is 5.38. The fraction of sp³-hybridized carbons (Fsp3) is 0.250. The monoisotopic (exact) mass is 489 g/mol. The summed E-state index contributed by atoms with van der Waals surface area (Å²) in [6.45, 7) is 1.95. The van der Waals surface area contributed by atoms with Crippen LogP contribution in [0.25, 0.3) is 0 Å². The lowest BCUT2D eigenvalue weighted by atomic mass is 10.0. The van der Waals surface area contributed by atoms with Crippen molar-refractivity contribution in [2.75, 3.05) is 29.7 Å². The van der Waals surface area contributed by atoms with E-state index < -0.39 is 5.97 Å². The normalized spacial score (nSPS) is 11.4. The number of hydrogen-bond donors (Lipinski definition) is 3. The van der Waals surface area contributed by atoms with E-state index in [1.807, 2.05) is 43.3 Å². The maximum Gasteiger partial charge on any atom is 0.326 e. The first-order valence-electron chi connectivity index (χ1n) is 11.6. The molecule has 3 aromatic rings. The quantitative estimate of drug-likeness (QED) is 0.354. The van der Waals surface area contributed by atoms with E-state index in [1.165, 1.54) is 0 Å². The molecule has 0 radical (unpaired) electrons. The first kappa shape index (κ1) is 26.4. The SMILES string of the molecule is COC(CCC(=O)O)c1ccc(NC(=O)Cc2ccc(NC(=O)N(C)c3ccccc3C)cc2)cc1. The van der Waals surface area contributed by atoms with Crippen molar-refractivity contribution in [2.45, 2.75) is 32.3 Å². The molecule has 1 atom stereocenters. The lowest BCUT2D eigenvalue weighted by molar-refractivity contribution is -0.137. The van der Waals surface area contributed by atoms with Crippen LogP contribution >= 0.6 is 0 Å². The van der Waals surface area contributed by atoms with Crippen LogP contribution in [-0.4, -0.2) is 37.2 Å². The predicted molar refractivity (Wildman–Crippen MR) is 140 cm³/mol. The van der Waals surface area contributed by atoms with Crippen LogP contribution in [0.15, 0.2) is 72.8 Å². The third kappa shape index (κ3) is 7.41. The van der Waals surface area contributed by atoms with Gasteiger partial charge in [-0.05, 0) is 60.4 Å². The fourth-order valence-electron chi connectivity index (χ4n) is 3.81. The molecule has 188 valence electrons. The largest absolute Gasteiger partial charge is 0.481 e. The van der Waals surface area contributed by atoms with Gasteiger partial charge in [0.25, 0.3) is 0 Å². The Morgan fingerprint density at radius 3 is 2.14 bits per heavy atom. The highest BCUT2D eigenvalue weighted by Crippen LogP contribution is 2.24. The van der Waals surface area contributed by atoms with Crippen LogP contribution < -0.4 is 15.5 Å². The molecule has 0 heterocycles. The van der Waals surface area contributed by atoms with Gasteiger partial charge in [0.1, 0.15) is 0 Å². The molecular formula is C28H31N3O5. The summed E-state index contributed by atoms with van der Waals surface area (Å²) in [4.78, 5) is 37.5. The molecule has 0 saturated heterocycles. The van der Waals surface area contributed by atoms with Crippen molar-refractivity contribution in [1.29, 1.82) is 0 Å². The highest BCUT2D eigenvalue weighted by atomic mass is 16.5. The van der Waals surface area contributed by atoms with Crippen molar-refractivity contribution in [3.05, 3.63) is 89.5 Å². The number of ether oxygens (including phenoxy) is 1. The first-order valence-corrected chi connectivity index (χ1v) is 11.6. The van der Waals surface area contributed by atoms with Crippen molar-refractivity contribution in [2.24, 2.45) is 0 Å². The van der Waals surface area contributed by atoms with Gasteiger partial charge >= 0.3 is 12.0 Å². The van der Waals surface area contributed by atoms with E-state index in [-0.39, 0.29) is 30.9 Å². The smallest absolute Gasteiger partial charge is 0.326 e. The second-order valence-corrected chi connectivity index (χ2v) is 8.48. The minimum absolute atomic E-state index is 0.0167. The average molecular weight is 490 g/mol. The molecule has 0 spiro atoms. The zero-order valence-corrected chi connectivity index (χ0v) is 20.7. The molecule has 3 rings (SSSR count). The van der Waals surface area contributed by atoms with Gasteiger partial charge in [0.15, 0.2) is 0 Å². The Bertz CT molecular complexity index is 1190. The van der Waals surface area contributed by atoms with Crippen molar-refractivity contribution in [3.8, 4) is 0 Å². The summed E-state index contributed by atoms with van der Waals surface area (Å²) in [5, 5.41) is 14.6. The molecule has 0 aromatic heterocycles. The van der Waals surface area contributed by atoms with Crippen LogP contribution in [-0.2, 0) is 20.7 Å². The van der Waals surface area contributed by atoms with Crippen LogP contribution in [0.4, 0.5) is 21.9 Å². The van der Waals surface area contributed by atoms with Gasteiger partial charge in [0, 0.05) is 37.6 Å². The van der Waals surface area contributed by atoms with E-state index >= 15 is 0 Å². The van der Waals surface area contributed by atoms with E-state index in [2.05, 4.69) is 10.6 Å². The first-order chi connectivity index (χ1) is 17.3. The molecule has 36 heavy (non-hydrogen) atoms. The Labute approximate surface area is 210 Å². The van der Waals surface area contributed by atoms with Crippen LogP contribution in [0, 0.1) is 6.92 Å². The Morgan fingerprint density at radius 2 is 1.53 bits per heavy atom. The highest BCUT2D eigenvalue weighted by Gasteiger charge is 2.14. The number of anilines is 3. The van der Waals surface area contributed by atoms with Gasteiger partial charge in [-0.25, -0.2) is 4.79 Å². The van der Waals surface area contributed by atoms with Gasteiger partial charge in [0.2, 0.25) is 5.91 Å². The number of rotatable bonds is 10. The van der Waals surface area contributed by atoms with Crippen LogP contribution in [0.2, 0.25) is 0 Å². The highest BCUT2D eigenvalue weighted by molar-refractivity contribution is 6.01. The lowest BCUT2D eigenvalue weighted by Crippen LogP contribution is -2.31. The molecule has 0 bridgehead atoms. The summed E-state index contributed by atoms with van der Waals surface area (Å²) >= 11 is 0. The number of para-hydroxylation sites is 1. The third-order valence-electron chi connectivity index (χ3n) is 5.82. The Hall–Kier alpha value is -4.17. The maximum absolute atomic E-state index is 12.6. The van der Waals surface area contributed by atoms with Gasteiger partial charge in [-0.15, -0.1) is 0 Å². The van der Waals surface area contributed by atoms with Gasteiger partial charge in [-0.1, -0.05) is 42.5 Å². The number of carboxylic acid groups (broad SMARTS) is 1. The Morgan fingerprint density at radius 1 is 0.917 bits per heavy atom. The van der Waals surface area contributed by atoms with Gasteiger partial charge in [-0.3, -0.25) is 14.5 Å². The number of urea groups is 1. The second-order valence-electron chi connectivity index (χ2n) is 8.48. The number of carboxylic acids is 1. The summed E-state index contributed by atoms with van der Waals surface area (Å²) in [5.74, 6) is -1.04. The van der Waals surface area contributed by atoms with Crippen LogP contribution in [0.3, 0.4) is 0 Å². The van der Waals surface area contributed by atoms with Crippen LogP contribution in [0.5, 0.6) is 0 Å².